The van der Waals surface area contributed by atoms with Crippen LogP contribution in [-0.2, 0) is 22.6 Å². The normalized spacial score (nSPS) is 13.0. The largest absolute Gasteiger partial charge is 0.511 e. The van der Waals surface area contributed by atoms with Crippen LogP contribution >= 0.6 is 12.4 Å². The Balaban J connectivity index is 0.00000324. The zero-order chi connectivity index (χ0) is 23.2. The Morgan fingerprint density at radius 2 is 1.88 bits per heavy atom. The van der Waals surface area contributed by atoms with Crippen LogP contribution in [0.1, 0.15) is 17.8 Å². The van der Waals surface area contributed by atoms with Crippen molar-refractivity contribution in [3.8, 4) is 5.75 Å². The van der Waals surface area contributed by atoms with E-state index >= 15 is 0 Å². The fourth-order valence-corrected chi connectivity index (χ4v) is 3.74. The molecule has 1 aromatic heterocycles. The minimum atomic E-state index is -0.334. The van der Waals surface area contributed by atoms with Gasteiger partial charge in [-0.1, -0.05) is 24.3 Å². The maximum atomic E-state index is 12.9. The number of carbonyl (C=O) groups is 1. The van der Waals surface area contributed by atoms with Crippen molar-refractivity contribution < 1.29 is 19.4 Å². The van der Waals surface area contributed by atoms with Crippen molar-refractivity contribution in [1.82, 2.24) is 19.8 Å². The number of para-hydroxylation sites is 2. The van der Waals surface area contributed by atoms with Gasteiger partial charge in [-0.15, -0.1) is 12.4 Å². The number of aliphatic hydroxyl groups excluding tert-OH is 1. The molecule has 9 heteroatoms. The van der Waals surface area contributed by atoms with Gasteiger partial charge in [-0.05, 0) is 43.9 Å². The van der Waals surface area contributed by atoms with Crippen molar-refractivity contribution in [1.29, 1.82) is 0 Å². The fraction of sp³-hybridized carbons (Fsp3) is 0.360. The molecule has 1 amide bonds. The molecule has 3 aromatic rings. The lowest BCUT2D eigenvalue weighted by Crippen LogP contribution is -2.28. The predicted octanol–water partition coefficient (Wildman–Crippen LogP) is 3.40. The number of rotatable bonds is 10. The molecule has 0 bridgehead atoms. The standard InChI is InChI=1S/C25H30N4O4.ClH/c1-28(2)13-14-32-15-16-33-19-9-7-18(8-10-19)17-26-25(31)23-22(30)11-12-29-21-6-4-3-5-20(21)27-24(23)29;/h3-10,30H,11-17H2,1-2H3,(H,26,31);1H. The van der Waals surface area contributed by atoms with Gasteiger partial charge in [-0.2, -0.15) is 0 Å². The van der Waals surface area contributed by atoms with E-state index in [2.05, 4.69) is 15.2 Å². The van der Waals surface area contributed by atoms with Crippen LogP contribution < -0.4 is 10.1 Å². The minimum Gasteiger partial charge on any atom is -0.511 e. The van der Waals surface area contributed by atoms with Crippen LogP contribution in [0, 0.1) is 0 Å². The SMILES string of the molecule is CN(C)CCOCCOc1ccc(CNC(=O)C2=C(O)CCn3c2nc2ccccc23)cc1.Cl. The maximum Gasteiger partial charge on any atom is 0.258 e. The zero-order valence-corrected chi connectivity index (χ0v) is 20.3. The number of aromatic nitrogens is 2. The summed E-state index contributed by atoms with van der Waals surface area (Å²) in [5, 5.41) is 13.3. The number of imidazole rings is 1. The van der Waals surface area contributed by atoms with Crippen LogP contribution in [0.5, 0.6) is 5.75 Å². The molecular weight excluding hydrogens is 456 g/mol. The molecule has 0 unspecified atom stereocenters. The summed E-state index contributed by atoms with van der Waals surface area (Å²) in [6.45, 7) is 3.52. The number of aryl methyl sites for hydroxylation is 1. The van der Waals surface area contributed by atoms with E-state index < -0.39 is 0 Å². The lowest BCUT2D eigenvalue weighted by Gasteiger charge is -2.18. The lowest BCUT2D eigenvalue weighted by atomic mass is 10.1. The molecule has 0 spiro atoms. The lowest BCUT2D eigenvalue weighted by molar-refractivity contribution is -0.116. The van der Waals surface area contributed by atoms with E-state index in [1.807, 2.05) is 67.2 Å². The van der Waals surface area contributed by atoms with Crippen LogP contribution in [0.2, 0.25) is 0 Å². The molecule has 0 saturated carbocycles. The molecular formula is C25H31ClN4O4. The van der Waals surface area contributed by atoms with Crippen LogP contribution in [-0.4, -0.2) is 65.9 Å². The topological polar surface area (TPSA) is 88.9 Å². The smallest absolute Gasteiger partial charge is 0.258 e. The molecule has 182 valence electrons. The number of carbonyl (C=O) groups excluding carboxylic acids is 1. The molecule has 2 aromatic carbocycles. The predicted molar refractivity (Wildman–Crippen MR) is 134 cm³/mol. The van der Waals surface area contributed by atoms with Gasteiger partial charge in [0.05, 0.1) is 24.2 Å². The first kappa shape index (κ1) is 25.6. The highest BCUT2D eigenvalue weighted by Gasteiger charge is 2.27. The first-order chi connectivity index (χ1) is 16.0. The van der Waals surface area contributed by atoms with Gasteiger partial charge in [0.1, 0.15) is 29.5 Å². The minimum absolute atomic E-state index is 0. The summed E-state index contributed by atoms with van der Waals surface area (Å²) in [7, 11) is 4.02. The Morgan fingerprint density at radius 1 is 1.12 bits per heavy atom. The van der Waals surface area contributed by atoms with E-state index in [-0.39, 0.29) is 29.6 Å². The molecule has 1 aliphatic heterocycles. The number of benzene rings is 2. The molecule has 0 atom stereocenters. The van der Waals surface area contributed by atoms with Crippen molar-refractivity contribution in [2.45, 2.75) is 19.5 Å². The molecule has 2 N–H and O–H groups in total. The van der Waals surface area contributed by atoms with Gasteiger partial charge in [0.15, 0.2) is 0 Å². The van der Waals surface area contributed by atoms with E-state index in [0.29, 0.717) is 45.2 Å². The highest BCUT2D eigenvalue weighted by molar-refractivity contribution is 6.19. The van der Waals surface area contributed by atoms with E-state index in [1.54, 1.807) is 0 Å². The third-order valence-corrected chi connectivity index (χ3v) is 5.52. The molecule has 1 aliphatic rings. The van der Waals surface area contributed by atoms with Gasteiger partial charge in [0.25, 0.3) is 5.91 Å². The third kappa shape index (κ3) is 6.08. The second kappa shape index (κ2) is 11.9. The quantitative estimate of drug-likeness (QED) is 0.427. The molecule has 0 saturated heterocycles. The van der Waals surface area contributed by atoms with Gasteiger partial charge < -0.3 is 29.4 Å². The summed E-state index contributed by atoms with van der Waals surface area (Å²) in [5.41, 5.74) is 2.95. The molecule has 0 aliphatic carbocycles. The van der Waals surface area contributed by atoms with E-state index in [0.717, 1.165) is 28.9 Å². The van der Waals surface area contributed by atoms with Gasteiger partial charge in [-0.3, -0.25) is 4.79 Å². The van der Waals surface area contributed by atoms with Crippen molar-refractivity contribution in [3.63, 3.8) is 0 Å². The maximum absolute atomic E-state index is 12.9. The molecule has 0 fully saturated rings. The highest BCUT2D eigenvalue weighted by Crippen LogP contribution is 2.29. The average Bonchev–Trinajstić information content (AvgIpc) is 3.18. The monoisotopic (exact) mass is 486 g/mol. The summed E-state index contributed by atoms with van der Waals surface area (Å²) in [5.74, 6) is 1.00. The Labute approximate surface area is 205 Å². The van der Waals surface area contributed by atoms with Crippen LogP contribution in [0.25, 0.3) is 16.6 Å². The number of nitrogens with one attached hydrogen (secondary N) is 1. The molecule has 0 radical (unpaired) electrons. The Bertz CT molecular complexity index is 1140. The summed E-state index contributed by atoms with van der Waals surface area (Å²) in [6, 6.07) is 15.3. The fourth-order valence-electron chi connectivity index (χ4n) is 3.74. The number of hydrogen-bond donors (Lipinski definition) is 2. The number of allylic oxidation sites excluding steroid dienone is 1. The van der Waals surface area contributed by atoms with Crippen molar-refractivity contribution in [2.24, 2.45) is 0 Å². The summed E-state index contributed by atoms with van der Waals surface area (Å²) < 4.78 is 13.2. The average molecular weight is 487 g/mol. The second-order valence-electron chi connectivity index (χ2n) is 8.24. The van der Waals surface area contributed by atoms with Gasteiger partial charge in [0.2, 0.25) is 0 Å². The van der Waals surface area contributed by atoms with E-state index in [9.17, 15) is 9.90 Å². The van der Waals surface area contributed by atoms with E-state index in [4.69, 9.17) is 9.47 Å². The Hall–Kier alpha value is -3.07. The molecule has 2 heterocycles. The van der Waals surface area contributed by atoms with Crippen molar-refractivity contribution in [2.75, 3.05) is 40.5 Å². The number of amides is 1. The first-order valence-corrected chi connectivity index (χ1v) is 11.1. The van der Waals surface area contributed by atoms with Crippen LogP contribution in [0.4, 0.5) is 0 Å². The van der Waals surface area contributed by atoms with Crippen LogP contribution in [0.3, 0.4) is 0 Å². The Morgan fingerprint density at radius 3 is 2.65 bits per heavy atom. The molecule has 4 rings (SSSR count). The third-order valence-electron chi connectivity index (χ3n) is 5.52. The number of likely N-dealkylation sites (N-methyl/N-ethyl adjacent to an activating group) is 1. The molecule has 8 nitrogen and oxygen atoms in total. The van der Waals surface area contributed by atoms with Crippen molar-refractivity contribution in [3.05, 3.63) is 65.7 Å². The zero-order valence-electron chi connectivity index (χ0n) is 19.5. The number of nitrogens with zero attached hydrogens (tertiary/aromatic N) is 3. The van der Waals surface area contributed by atoms with E-state index in [1.165, 1.54) is 0 Å². The number of halogens is 1. The number of aliphatic hydroxyl groups is 1. The van der Waals surface area contributed by atoms with Gasteiger partial charge in [-0.25, -0.2) is 4.98 Å². The number of hydrogen-bond acceptors (Lipinski definition) is 6. The van der Waals surface area contributed by atoms with Gasteiger partial charge >= 0.3 is 0 Å². The Kier molecular flexibility index (Phi) is 8.92. The number of fused-ring (bicyclic) bond motifs is 3. The van der Waals surface area contributed by atoms with Gasteiger partial charge in [0, 0.05) is 26.1 Å². The summed E-state index contributed by atoms with van der Waals surface area (Å²) >= 11 is 0. The summed E-state index contributed by atoms with van der Waals surface area (Å²) in [4.78, 5) is 19.6. The summed E-state index contributed by atoms with van der Waals surface area (Å²) in [6.07, 6.45) is 0.404. The number of ether oxygens (including phenoxy) is 2. The van der Waals surface area contributed by atoms with Crippen LogP contribution in [0.15, 0.2) is 54.3 Å². The van der Waals surface area contributed by atoms with Crippen molar-refractivity contribution >= 4 is 34.9 Å². The first-order valence-electron chi connectivity index (χ1n) is 11.1. The highest BCUT2D eigenvalue weighted by atomic mass is 35.5. The second-order valence-corrected chi connectivity index (χ2v) is 8.24. The molecule has 34 heavy (non-hydrogen) atoms.